The lowest BCUT2D eigenvalue weighted by molar-refractivity contribution is 0.303. The number of ether oxygens (including phenoxy) is 3. The minimum Gasteiger partial charge on any atom is -0.497 e. The van der Waals surface area contributed by atoms with E-state index in [4.69, 9.17) is 14.2 Å². The summed E-state index contributed by atoms with van der Waals surface area (Å²) in [5, 5.41) is 0. The molecule has 0 fully saturated rings. The Morgan fingerprint density at radius 3 is 2.17 bits per heavy atom. The van der Waals surface area contributed by atoms with E-state index in [0.29, 0.717) is 6.61 Å². The Morgan fingerprint density at radius 1 is 0.652 bits per heavy atom. The maximum atomic E-state index is 5.83. The van der Waals surface area contributed by atoms with Crippen LogP contribution in [-0.4, -0.2) is 7.11 Å². The number of rotatable bonds is 6. The first-order valence-corrected chi connectivity index (χ1v) is 7.42. The van der Waals surface area contributed by atoms with Gasteiger partial charge in [0.15, 0.2) is 0 Å². The molecule has 0 saturated heterocycles. The molecule has 0 bridgehead atoms. The highest BCUT2D eigenvalue weighted by Crippen LogP contribution is 2.23. The lowest BCUT2D eigenvalue weighted by Crippen LogP contribution is -1.96. The van der Waals surface area contributed by atoms with Gasteiger partial charge < -0.3 is 14.2 Å². The molecule has 0 spiro atoms. The third-order valence-corrected chi connectivity index (χ3v) is 3.32. The highest BCUT2D eigenvalue weighted by atomic mass is 16.5. The first kappa shape index (κ1) is 15.0. The average molecular weight is 306 g/mol. The lowest BCUT2D eigenvalue weighted by atomic mass is 10.2. The van der Waals surface area contributed by atoms with Gasteiger partial charge in [-0.3, -0.25) is 0 Å². The number of hydrogen-bond acceptors (Lipinski definition) is 3. The van der Waals surface area contributed by atoms with Crippen molar-refractivity contribution < 1.29 is 14.2 Å². The van der Waals surface area contributed by atoms with Gasteiger partial charge in [0.2, 0.25) is 0 Å². The molecule has 0 amide bonds. The van der Waals surface area contributed by atoms with Gasteiger partial charge in [0.1, 0.15) is 29.6 Å². The van der Waals surface area contributed by atoms with Crippen LogP contribution in [0.4, 0.5) is 0 Å². The lowest BCUT2D eigenvalue weighted by Gasteiger charge is -2.10. The summed E-state index contributed by atoms with van der Waals surface area (Å²) in [6.45, 7) is 0.471. The minimum absolute atomic E-state index is 0.471. The van der Waals surface area contributed by atoms with E-state index in [1.54, 1.807) is 7.11 Å². The van der Waals surface area contributed by atoms with Gasteiger partial charge in [-0.15, -0.1) is 0 Å². The van der Waals surface area contributed by atoms with Gasteiger partial charge >= 0.3 is 0 Å². The van der Waals surface area contributed by atoms with Gasteiger partial charge in [-0.05, 0) is 42.0 Å². The van der Waals surface area contributed by atoms with Crippen LogP contribution in [0.15, 0.2) is 78.9 Å². The molecule has 3 rings (SSSR count). The summed E-state index contributed by atoms with van der Waals surface area (Å²) in [7, 11) is 1.64. The molecule has 0 aliphatic heterocycles. The number of methoxy groups -OCH3 is 1. The van der Waals surface area contributed by atoms with E-state index < -0.39 is 0 Å². The predicted octanol–water partition coefficient (Wildman–Crippen LogP) is 5.07. The van der Waals surface area contributed by atoms with E-state index >= 15 is 0 Å². The largest absolute Gasteiger partial charge is 0.497 e. The molecular weight excluding hydrogens is 288 g/mol. The molecule has 0 saturated carbocycles. The second-order valence-corrected chi connectivity index (χ2v) is 5.03. The molecule has 116 valence electrons. The van der Waals surface area contributed by atoms with Gasteiger partial charge in [-0.1, -0.05) is 36.4 Å². The fraction of sp³-hybridized carbons (Fsp3) is 0.100. The molecule has 0 N–H and O–H groups in total. The fourth-order valence-corrected chi connectivity index (χ4v) is 2.18. The Morgan fingerprint density at radius 2 is 1.35 bits per heavy atom. The second-order valence-electron chi connectivity index (χ2n) is 5.03. The van der Waals surface area contributed by atoms with Crippen LogP contribution in [0.25, 0.3) is 0 Å². The van der Waals surface area contributed by atoms with Crippen molar-refractivity contribution in [1.82, 2.24) is 0 Å². The van der Waals surface area contributed by atoms with Crippen molar-refractivity contribution in [2.75, 3.05) is 7.11 Å². The Balaban J connectivity index is 1.65. The molecular formula is C20H18O3. The van der Waals surface area contributed by atoms with Crippen molar-refractivity contribution in [3.05, 3.63) is 84.4 Å². The molecule has 0 aliphatic carbocycles. The van der Waals surface area contributed by atoms with E-state index in [0.717, 1.165) is 28.6 Å². The van der Waals surface area contributed by atoms with E-state index in [2.05, 4.69) is 0 Å². The average Bonchev–Trinajstić information content (AvgIpc) is 2.61. The highest BCUT2D eigenvalue weighted by Gasteiger charge is 2.01. The third kappa shape index (κ3) is 4.27. The van der Waals surface area contributed by atoms with Crippen molar-refractivity contribution in [3.63, 3.8) is 0 Å². The van der Waals surface area contributed by atoms with Gasteiger partial charge in [0.05, 0.1) is 7.11 Å². The summed E-state index contributed by atoms with van der Waals surface area (Å²) in [6.07, 6.45) is 0. The number of benzene rings is 3. The normalized spacial score (nSPS) is 10.1. The van der Waals surface area contributed by atoms with Crippen LogP contribution in [0.3, 0.4) is 0 Å². The minimum atomic E-state index is 0.471. The van der Waals surface area contributed by atoms with Crippen LogP contribution in [0.1, 0.15) is 5.56 Å². The first-order valence-electron chi connectivity index (χ1n) is 7.42. The van der Waals surface area contributed by atoms with Crippen LogP contribution < -0.4 is 14.2 Å². The summed E-state index contributed by atoms with van der Waals surface area (Å²) >= 11 is 0. The molecule has 23 heavy (non-hydrogen) atoms. The zero-order valence-corrected chi connectivity index (χ0v) is 12.9. The van der Waals surface area contributed by atoms with Gasteiger partial charge in [0.25, 0.3) is 0 Å². The second kappa shape index (κ2) is 7.36. The van der Waals surface area contributed by atoms with E-state index in [9.17, 15) is 0 Å². The van der Waals surface area contributed by atoms with Crippen molar-refractivity contribution >= 4 is 0 Å². The van der Waals surface area contributed by atoms with Crippen LogP contribution in [0.5, 0.6) is 23.0 Å². The smallest absolute Gasteiger partial charge is 0.127 e. The zero-order chi connectivity index (χ0) is 15.9. The van der Waals surface area contributed by atoms with Crippen molar-refractivity contribution in [2.24, 2.45) is 0 Å². The molecule has 0 aromatic heterocycles. The molecule has 0 unspecified atom stereocenters. The Kier molecular flexibility index (Phi) is 4.79. The van der Waals surface area contributed by atoms with Crippen LogP contribution in [-0.2, 0) is 6.61 Å². The third-order valence-electron chi connectivity index (χ3n) is 3.32. The fourth-order valence-electron chi connectivity index (χ4n) is 2.18. The van der Waals surface area contributed by atoms with E-state index in [-0.39, 0.29) is 0 Å². The maximum Gasteiger partial charge on any atom is 0.127 e. The summed E-state index contributed by atoms with van der Waals surface area (Å²) < 4.78 is 16.8. The Bertz CT molecular complexity index is 754. The zero-order valence-electron chi connectivity index (χ0n) is 12.9. The van der Waals surface area contributed by atoms with E-state index in [1.807, 2.05) is 78.9 Å². The maximum absolute atomic E-state index is 5.83. The Hall–Kier alpha value is -2.94. The Labute approximate surface area is 136 Å². The molecule has 0 radical (unpaired) electrons. The predicted molar refractivity (Wildman–Crippen MR) is 90.3 cm³/mol. The molecule has 0 atom stereocenters. The highest BCUT2D eigenvalue weighted by molar-refractivity contribution is 5.35. The summed E-state index contributed by atoms with van der Waals surface area (Å²) in [6, 6.07) is 25.2. The summed E-state index contributed by atoms with van der Waals surface area (Å²) in [4.78, 5) is 0. The molecule has 0 aliphatic rings. The van der Waals surface area contributed by atoms with Crippen LogP contribution in [0.2, 0.25) is 0 Å². The van der Waals surface area contributed by atoms with Gasteiger partial charge in [0, 0.05) is 6.07 Å². The van der Waals surface area contributed by atoms with E-state index in [1.165, 1.54) is 0 Å². The first-order chi connectivity index (χ1) is 11.3. The number of para-hydroxylation sites is 1. The molecule has 3 aromatic carbocycles. The summed E-state index contributed by atoms with van der Waals surface area (Å²) in [5.74, 6) is 3.17. The van der Waals surface area contributed by atoms with Gasteiger partial charge in [-0.2, -0.15) is 0 Å². The van der Waals surface area contributed by atoms with Crippen LogP contribution in [0, 0.1) is 0 Å². The monoisotopic (exact) mass is 306 g/mol. The topological polar surface area (TPSA) is 27.7 Å². The van der Waals surface area contributed by atoms with Crippen molar-refractivity contribution in [3.8, 4) is 23.0 Å². The van der Waals surface area contributed by atoms with Crippen molar-refractivity contribution in [1.29, 1.82) is 0 Å². The van der Waals surface area contributed by atoms with Gasteiger partial charge in [-0.25, -0.2) is 0 Å². The molecule has 3 aromatic rings. The van der Waals surface area contributed by atoms with Crippen LogP contribution >= 0.6 is 0 Å². The molecule has 3 nitrogen and oxygen atoms in total. The quantitative estimate of drug-likeness (QED) is 0.636. The SMILES string of the molecule is COc1cccc(OCc2cccc(Oc3ccccc3)c2)c1. The number of hydrogen-bond donors (Lipinski definition) is 0. The molecule has 3 heteroatoms. The standard InChI is InChI=1S/C20H18O3/c1-21-18-10-6-11-19(14-18)22-15-16-7-5-12-20(13-16)23-17-8-3-2-4-9-17/h2-14H,15H2,1H3. The van der Waals surface area contributed by atoms with Crippen molar-refractivity contribution in [2.45, 2.75) is 6.61 Å². The molecule has 0 heterocycles. The summed E-state index contributed by atoms with van der Waals surface area (Å²) in [5.41, 5.74) is 1.04.